The van der Waals surface area contributed by atoms with Gasteiger partial charge in [-0.2, -0.15) is 0 Å². The summed E-state index contributed by atoms with van der Waals surface area (Å²) in [5.41, 5.74) is 5.58. The van der Waals surface area contributed by atoms with E-state index in [0.717, 1.165) is 71.1 Å². The Balaban J connectivity index is 1.58. The lowest BCUT2D eigenvalue weighted by atomic mass is 9.73. The van der Waals surface area contributed by atoms with Crippen LogP contribution in [0.1, 0.15) is 75.5 Å². The van der Waals surface area contributed by atoms with Gasteiger partial charge >= 0.3 is 0 Å². The number of unbranched alkanes of at least 4 members (excludes halogenated alkanes) is 3. The van der Waals surface area contributed by atoms with Gasteiger partial charge in [0.2, 0.25) is 5.91 Å². The molecule has 1 aliphatic carbocycles. The quantitative estimate of drug-likeness (QED) is 0.244. The summed E-state index contributed by atoms with van der Waals surface area (Å²) >= 11 is 0. The van der Waals surface area contributed by atoms with Crippen molar-refractivity contribution >= 4 is 5.91 Å². The fourth-order valence-electron chi connectivity index (χ4n) is 5.68. The molecule has 36 heavy (non-hydrogen) atoms. The minimum Gasteiger partial charge on any atom is -0.342 e. The average Bonchev–Trinajstić information content (AvgIpc) is 3.22. The van der Waals surface area contributed by atoms with Crippen LogP contribution in [0.2, 0.25) is 0 Å². The zero-order chi connectivity index (χ0) is 25.2. The molecule has 4 rings (SSSR count). The molecule has 0 saturated carbocycles. The van der Waals surface area contributed by atoms with Crippen molar-refractivity contribution in [1.82, 2.24) is 10.2 Å². The largest absolute Gasteiger partial charge is 0.342 e. The van der Waals surface area contributed by atoms with Gasteiger partial charge in [0.05, 0.1) is 0 Å². The van der Waals surface area contributed by atoms with Gasteiger partial charge in [-0.1, -0.05) is 112 Å². The van der Waals surface area contributed by atoms with Crippen LogP contribution in [0, 0.1) is 0 Å². The predicted octanol–water partition coefficient (Wildman–Crippen LogP) is 7.34. The first kappa shape index (κ1) is 26.2. The third-order valence-corrected chi connectivity index (χ3v) is 7.61. The maximum atomic E-state index is 14.6. The molecule has 190 valence electrons. The average molecular weight is 483 g/mol. The SMILES string of the molecule is CCCCN(CCCC)C(=O)C1(CCCCNCc2ccccc2)c2ccccc2-c2ccccc21. The van der Waals surface area contributed by atoms with E-state index in [1.165, 1.54) is 27.8 Å². The summed E-state index contributed by atoms with van der Waals surface area (Å²) in [6, 6.07) is 27.8. The Morgan fingerprint density at radius 1 is 0.722 bits per heavy atom. The number of carbonyl (C=O) groups is 1. The molecule has 3 aromatic rings. The van der Waals surface area contributed by atoms with E-state index in [4.69, 9.17) is 0 Å². The molecular weight excluding hydrogens is 440 g/mol. The van der Waals surface area contributed by atoms with Crippen LogP contribution in [-0.2, 0) is 16.8 Å². The molecule has 3 aromatic carbocycles. The van der Waals surface area contributed by atoms with Crippen LogP contribution in [0.4, 0.5) is 0 Å². The van der Waals surface area contributed by atoms with Crippen molar-refractivity contribution in [3.63, 3.8) is 0 Å². The molecular formula is C33H42N2O. The van der Waals surface area contributed by atoms with Gasteiger partial charge in [0.25, 0.3) is 0 Å². The predicted molar refractivity (Wildman–Crippen MR) is 151 cm³/mol. The minimum absolute atomic E-state index is 0.305. The summed E-state index contributed by atoms with van der Waals surface area (Å²) in [6.45, 7) is 7.96. The second-order valence-corrected chi connectivity index (χ2v) is 10.1. The second kappa shape index (κ2) is 12.9. The number of hydrogen-bond donors (Lipinski definition) is 1. The van der Waals surface area contributed by atoms with Crippen molar-refractivity contribution in [1.29, 1.82) is 0 Å². The zero-order valence-corrected chi connectivity index (χ0v) is 22.1. The first-order valence-electron chi connectivity index (χ1n) is 14.0. The highest BCUT2D eigenvalue weighted by atomic mass is 16.2. The van der Waals surface area contributed by atoms with Crippen LogP contribution < -0.4 is 5.32 Å². The monoisotopic (exact) mass is 482 g/mol. The molecule has 0 heterocycles. The van der Waals surface area contributed by atoms with E-state index in [2.05, 4.69) is 103 Å². The molecule has 1 N–H and O–H groups in total. The topological polar surface area (TPSA) is 32.3 Å². The number of rotatable bonds is 14. The molecule has 0 spiro atoms. The molecule has 0 atom stereocenters. The summed E-state index contributed by atoms with van der Waals surface area (Å²) in [5.74, 6) is 0.305. The van der Waals surface area contributed by atoms with E-state index in [-0.39, 0.29) is 0 Å². The molecule has 1 amide bonds. The first-order valence-corrected chi connectivity index (χ1v) is 14.0. The van der Waals surface area contributed by atoms with Gasteiger partial charge in [-0.3, -0.25) is 4.79 Å². The molecule has 1 aliphatic rings. The Labute approximate surface area is 217 Å². The van der Waals surface area contributed by atoms with Crippen LogP contribution in [0.15, 0.2) is 78.9 Å². The first-order chi connectivity index (χ1) is 17.7. The molecule has 0 aromatic heterocycles. The standard InChI is InChI=1S/C33H42N2O/c1-3-5-24-35(25-6-4-2)32(36)33(22-14-15-23-34-26-27-16-8-7-9-17-27)30-20-12-10-18-28(30)29-19-11-13-21-31(29)33/h7-13,16-21,34H,3-6,14-15,22-26H2,1-2H3. The lowest BCUT2D eigenvalue weighted by Crippen LogP contribution is -2.47. The molecule has 3 nitrogen and oxygen atoms in total. The zero-order valence-electron chi connectivity index (χ0n) is 22.1. The van der Waals surface area contributed by atoms with E-state index in [1.54, 1.807) is 0 Å². The Kier molecular flexibility index (Phi) is 9.35. The molecule has 0 radical (unpaired) electrons. The fourth-order valence-corrected chi connectivity index (χ4v) is 5.68. The Hall–Kier alpha value is -2.91. The van der Waals surface area contributed by atoms with Crippen LogP contribution in [0.3, 0.4) is 0 Å². The van der Waals surface area contributed by atoms with Crippen molar-refractivity contribution < 1.29 is 4.79 Å². The van der Waals surface area contributed by atoms with Crippen molar-refractivity contribution in [2.24, 2.45) is 0 Å². The van der Waals surface area contributed by atoms with Crippen LogP contribution >= 0.6 is 0 Å². The van der Waals surface area contributed by atoms with Gasteiger partial charge in [-0.15, -0.1) is 0 Å². The lowest BCUT2D eigenvalue weighted by molar-refractivity contribution is -0.136. The number of benzene rings is 3. The second-order valence-electron chi connectivity index (χ2n) is 10.1. The normalized spacial score (nSPS) is 13.3. The summed E-state index contributed by atoms with van der Waals surface area (Å²) in [4.78, 5) is 16.8. The van der Waals surface area contributed by atoms with Gasteiger partial charge in [-0.05, 0) is 60.0 Å². The van der Waals surface area contributed by atoms with Crippen LogP contribution in [-0.4, -0.2) is 30.4 Å². The molecule has 3 heteroatoms. The van der Waals surface area contributed by atoms with Gasteiger partial charge in [0, 0.05) is 19.6 Å². The van der Waals surface area contributed by atoms with E-state index in [0.29, 0.717) is 5.91 Å². The number of hydrogen-bond acceptors (Lipinski definition) is 2. The molecule has 0 bridgehead atoms. The van der Waals surface area contributed by atoms with E-state index < -0.39 is 5.41 Å². The van der Waals surface area contributed by atoms with Gasteiger partial charge in [0.15, 0.2) is 0 Å². The van der Waals surface area contributed by atoms with E-state index in [1.807, 2.05) is 0 Å². The number of fused-ring (bicyclic) bond motifs is 3. The molecule has 0 fully saturated rings. The summed E-state index contributed by atoms with van der Waals surface area (Å²) < 4.78 is 0. The fraction of sp³-hybridized carbons (Fsp3) is 0.424. The Morgan fingerprint density at radius 2 is 1.28 bits per heavy atom. The maximum absolute atomic E-state index is 14.6. The number of nitrogens with zero attached hydrogens (tertiary/aromatic N) is 1. The number of amides is 1. The van der Waals surface area contributed by atoms with Gasteiger partial charge in [-0.25, -0.2) is 0 Å². The molecule has 0 aliphatic heterocycles. The highest BCUT2D eigenvalue weighted by molar-refractivity contribution is 6.00. The highest BCUT2D eigenvalue weighted by Gasteiger charge is 2.49. The smallest absolute Gasteiger partial charge is 0.237 e. The van der Waals surface area contributed by atoms with Gasteiger partial charge < -0.3 is 10.2 Å². The molecule has 0 saturated heterocycles. The molecule has 0 unspecified atom stereocenters. The lowest BCUT2D eigenvalue weighted by Gasteiger charge is -2.37. The van der Waals surface area contributed by atoms with Crippen LogP contribution in [0.5, 0.6) is 0 Å². The Bertz CT molecular complexity index is 1050. The number of nitrogens with one attached hydrogen (secondary N) is 1. The highest BCUT2D eigenvalue weighted by Crippen LogP contribution is 2.52. The minimum atomic E-state index is -0.589. The van der Waals surface area contributed by atoms with E-state index in [9.17, 15) is 4.79 Å². The van der Waals surface area contributed by atoms with Crippen LogP contribution in [0.25, 0.3) is 11.1 Å². The maximum Gasteiger partial charge on any atom is 0.237 e. The van der Waals surface area contributed by atoms with Gasteiger partial charge in [0.1, 0.15) is 5.41 Å². The third-order valence-electron chi connectivity index (χ3n) is 7.61. The van der Waals surface area contributed by atoms with E-state index >= 15 is 0 Å². The van der Waals surface area contributed by atoms with Crippen molar-refractivity contribution in [3.05, 3.63) is 95.6 Å². The number of carbonyl (C=O) groups excluding carboxylic acids is 1. The third kappa shape index (κ3) is 5.57. The summed E-state index contributed by atoms with van der Waals surface area (Å²) in [6.07, 6.45) is 7.21. The Morgan fingerprint density at radius 3 is 1.86 bits per heavy atom. The van der Waals surface area contributed by atoms with Crippen molar-refractivity contribution in [3.8, 4) is 11.1 Å². The van der Waals surface area contributed by atoms with Crippen molar-refractivity contribution in [2.75, 3.05) is 19.6 Å². The summed E-state index contributed by atoms with van der Waals surface area (Å²) in [7, 11) is 0. The van der Waals surface area contributed by atoms with Crippen molar-refractivity contribution in [2.45, 2.75) is 70.8 Å². The summed E-state index contributed by atoms with van der Waals surface area (Å²) in [5, 5.41) is 3.59.